The lowest BCUT2D eigenvalue weighted by molar-refractivity contribution is 0.0954. The Labute approximate surface area is 139 Å². The van der Waals surface area contributed by atoms with Crippen LogP contribution in [0.1, 0.15) is 15.9 Å². The molecule has 23 heavy (non-hydrogen) atoms. The number of carbonyl (C=O) groups excluding carboxylic acids is 1. The van der Waals surface area contributed by atoms with Gasteiger partial charge < -0.3 is 14.8 Å². The average molecular weight is 338 g/mol. The molecule has 2 rings (SSSR count). The second-order valence-corrected chi connectivity index (χ2v) is 5.22. The van der Waals surface area contributed by atoms with Crippen LogP contribution in [0.2, 0.25) is 5.02 Å². The lowest BCUT2D eigenvalue weighted by Gasteiger charge is -2.11. The van der Waals surface area contributed by atoms with Crippen LogP contribution in [0.25, 0.3) is 0 Å². The van der Waals surface area contributed by atoms with Gasteiger partial charge >= 0.3 is 0 Å². The van der Waals surface area contributed by atoms with E-state index in [0.29, 0.717) is 18.5 Å². The van der Waals surface area contributed by atoms with Crippen molar-refractivity contribution < 1.29 is 18.7 Å². The number of methoxy groups -OCH3 is 2. The maximum atomic E-state index is 13.1. The van der Waals surface area contributed by atoms with Crippen molar-refractivity contribution >= 4 is 17.5 Å². The lowest BCUT2D eigenvalue weighted by atomic mass is 10.1. The molecule has 0 aliphatic heterocycles. The Kier molecular flexibility index (Phi) is 5.82. The molecule has 4 nitrogen and oxygen atoms in total. The minimum atomic E-state index is -0.552. The van der Waals surface area contributed by atoms with Gasteiger partial charge in [-0.2, -0.15) is 0 Å². The van der Waals surface area contributed by atoms with E-state index in [-0.39, 0.29) is 10.9 Å². The fourth-order valence-electron chi connectivity index (χ4n) is 2.13. The molecule has 0 spiro atoms. The molecule has 0 fully saturated rings. The number of amides is 1. The molecule has 0 atom stereocenters. The van der Waals surface area contributed by atoms with E-state index < -0.39 is 5.82 Å². The molecule has 1 N–H and O–H groups in total. The molecule has 0 aliphatic carbocycles. The first kappa shape index (κ1) is 17.1. The molecule has 0 bridgehead atoms. The van der Waals surface area contributed by atoms with E-state index in [4.69, 9.17) is 21.1 Å². The fraction of sp³-hybridized carbons (Fsp3) is 0.235. The minimum Gasteiger partial charge on any atom is -0.497 e. The molecule has 0 saturated heterocycles. The summed E-state index contributed by atoms with van der Waals surface area (Å²) in [5, 5.41) is 2.69. The molecular formula is C17H17ClFNO3. The number of halogens is 2. The zero-order valence-corrected chi connectivity index (χ0v) is 13.6. The van der Waals surface area contributed by atoms with Gasteiger partial charge in [0, 0.05) is 12.1 Å². The zero-order valence-electron chi connectivity index (χ0n) is 12.9. The summed E-state index contributed by atoms with van der Waals surface area (Å²) in [5.74, 6) is 0.584. The molecule has 2 aromatic carbocycles. The van der Waals surface area contributed by atoms with Gasteiger partial charge in [0.2, 0.25) is 0 Å². The Morgan fingerprint density at radius 2 is 1.96 bits per heavy atom. The number of ether oxygens (including phenoxy) is 2. The molecule has 6 heteroatoms. The fourth-order valence-corrected chi connectivity index (χ4v) is 2.31. The number of benzene rings is 2. The third-order valence-corrected chi connectivity index (χ3v) is 3.64. The SMILES string of the molecule is COc1ccc(OC)c(CCNC(=O)c2ccc(F)c(Cl)c2)c1. The van der Waals surface area contributed by atoms with Gasteiger partial charge in [-0.3, -0.25) is 4.79 Å². The maximum Gasteiger partial charge on any atom is 0.251 e. The topological polar surface area (TPSA) is 47.6 Å². The van der Waals surface area contributed by atoms with E-state index in [2.05, 4.69) is 5.32 Å². The predicted octanol–water partition coefficient (Wildman–Crippen LogP) is 3.47. The Bertz CT molecular complexity index is 706. The summed E-state index contributed by atoms with van der Waals surface area (Å²) < 4.78 is 23.6. The minimum absolute atomic E-state index is 0.0767. The lowest BCUT2D eigenvalue weighted by Crippen LogP contribution is -2.25. The van der Waals surface area contributed by atoms with Crippen molar-refractivity contribution in [2.75, 3.05) is 20.8 Å². The Balaban J connectivity index is 1.99. The Morgan fingerprint density at radius 1 is 1.17 bits per heavy atom. The summed E-state index contributed by atoms with van der Waals surface area (Å²) >= 11 is 5.68. The first-order valence-corrected chi connectivity index (χ1v) is 7.37. The third kappa shape index (κ3) is 4.36. The van der Waals surface area contributed by atoms with Crippen LogP contribution >= 0.6 is 11.6 Å². The summed E-state index contributed by atoms with van der Waals surface area (Å²) in [6.07, 6.45) is 0.570. The van der Waals surface area contributed by atoms with Gasteiger partial charge in [0.05, 0.1) is 19.2 Å². The van der Waals surface area contributed by atoms with Crippen LogP contribution in [-0.2, 0) is 6.42 Å². The molecule has 2 aromatic rings. The zero-order chi connectivity index (χ0) is 16.8. The van der Waals surface area contributed by atoms with Crippen LogP contribution in [0.4, 0.5) is 4.39 Å². The predicted molar refractivity (Wildman–Crippen MR) is 87.0 cm³/mol. The molecule has 122 valence electrons. The standard InChI is InChI=1S/C17H17ClFNO3/c1-22-13-4-6-16(23-2)11(9-13)7-8-20-17(21)12-3-5-15(19)14(18)10-12/h3-6,9-10H,7-8H2,1-2H3,(H,20,21). The van der Waals surface area contributed by atoms with Gasteiger partial charge in [0.25, 0.3) is 5.91 Å². The number of rotatable bonds is 6. The van der Waals surface area contributed by atoms with Gasteiger partial charge in [0.15, 0.2) is 0 Å². The van der Waals surface area contributed by atoms with Crippen LogP contribution < -0.4 is 14.8 Å². The van der Waals surface area contributed by atoms with E-state index >= 15 is 0 Å². The molecule has 0 aliphatic rings. The summed E-state index contributed by atoms with van der Waals surface area (Å²) in [6, 6.07) is 9.35. The maximum absolute atomic E-state index is 13.1. The van der Waals surface area contributed by atoms with Crippen molar-refractivity contribution in [3.8, 4) is 11.5 Å². The Morgan fingerprint density at radius 3 is 2.61 bits per heavy atom. The molecule has 0 radical (unpaired) electrons. The van der Waals surface area contributed by atoms with Crippen LogP contribution in [0.3, 0.4) is 0 Å². The highest BCUT2D eigenvalue weighted by molar-refractivity contribution is 6.31. The van der Waals surface area contributed by atoms with Crippen LogP contribution in [0, 0.1) is 5.82 Å². The molecular weight excluding hydrogens is 321 g/mol. The van der Waals surface area contributed by atoms with Crippen molar-refractivity contribution in [3.05, 3.63) is 58.4 Å². The molecule has 0 saturated carbocycles. The largest absolute Gasteiger partial charge is 0.497 e. The second kappa shape index (κ2) is 7.83. The van der Waals surface area contributed by atoms with Gasteiger partial charge in [-0.05, 0) is 48.4 Å². The first-order chi connectivity index (χ1) is 11.0. The van der Waals surface area contributed by atoms with Crippen molar-refractivity contribution in [2.24, 2.45) is 0 Å². The summed E-state index contributed by atoms with van der Waals surface area (Å²) in [5.41, 5.74) is 1.23. The first-order valence-electron chi connectivity index (χ1n) is 6.99. The molecule has 0 aromatic heterocycles. The van der Waals surface area contributed by atoms with E-state index in [1.807, 2.05) is 12.1 Å². The average Bonchev–Trinajstić information content (AvgIpc) is 2.57. The van der Waals surface area contributed by atoms with Gasteiger partial charge in [0.1, 0.15) is 17.3 Å². The highest BCUT2D eigenvalue weighted by atomic mass is 35.5. The van der Waals surface area contributed by atoms with Crippen LogP contribution in [0.5, 0.6) is 11.5 Å². The Hall–Kier alpha value is -2.27. The highest BCUT2D eigenvalue weighted by Crippen LogP contribution is 2.24. The highest BCUT2D eigenvalue weighted by Gasteiger charge is 2.10. The van der Waals surface area contributed by atoms with Crippen molar-refractivity contribution in [1.82, 2.24) is 5.32 Å². The number of carbonyl (C=O) groups is 1. The van der Waals surface area contributed by atoms with Gasteiger partial charge in [-0.1, -0.05) is 11.6 Å². The second-order valence-electron chi connectivity index (χ2n) is 4.81. The van der Waals surface area contributed by atoms with E-state index in [0.717, 1.165) is 17.1 Å². The number of hydrogen-bond acceptors (Lipinski definition) is 3. The van der Waals surface area contributed by atoms with Crippen molar-refractivity contribution in [1.29, 1.82) is 0 Å². The van der Waals surface area contributed by atoms with Gasteiger partial charge in [-0.15, -0.1) is 0 Å². The molecule has 0 heterocycles. The monoisotopic (exact) mass is 337 g/mol. The molecule has 0 unspecified atom stereocenters. The van der Waals surface area contributed by atoms with E-state index in [9.17, 15) is 9.18 Å². The number of nitrogens with one attached hydrogen (secondary N) is 1. The normalized spacial score (nSPS) is 10.3. The van der Waals surface area contributed by atoms with Gasteiger partial charge in [-0.25, -0.2) is 4.39 Å². The molecule has 1 amide bonds. The van der Waals surface area contributed by atoms with E-state index in [1.165, 1.54) is 18.2 Å². The van der Waals surface area contributed by atoms with E-state index in [1.54, 1.807) is 20.3 Å². The summed E-state index contributed by atoms with van der Waals surface area (Å²) in [7, 11) is 3.18. The summed E-state index contributed by atoms with van der Waals surface area (Å²) in [6.45, 7) is 0.400. The number of hydrogen-bond donors (Lipinski definition) is 1. The van der Waals surface area contributed by atoms with Crippen molar-refractivity contribution in [2.45, 2.75) is 6.42 Å². The van der Waals surface area contributed by atoms with Crippen molar-refractivity contribution in [3.63, 3.8) is 0 Å². The van der Waals surface area contributed by atoms with Crippen LogP contribution in [-0.4, -0.2) is 26.7 Å². The quantitative estimate of drug-likeness (QED) is 0.878. The van der Waals surface area contributed by atoms with Crippen LogP contribution in [0.15, 0.2) is 36.4 Å². The third-order valence-electron chi connectivity index (χ3n) is 3.35. The smallest absolute Gasteiger partial charge is 0.251 e. The summed E-state index contributed by atoms with van der Waals surface area (Å²) in [4.78, 5) is 12.0.